The van der Waals surface area contributed by atoms with Crippen molar-refractivity contribution in [2.45, 2.75) is 314 Å². The molecule has 3 N–H and O–H groups in total. The van der Waals surface area contributed by atoms with Crippen molar-refractivity contribution in [1.82, 2.24) is 0 Å². The number of aliphatic carboxylic acids is 1. The third-order valence-corrected chi connectivity index (χ3v) is 13.9. The molecule has 75 heavy (non-hydrogen) atoms. The quantitative estimate of drug-likeness (QED) is 0.0228. The first-order valence-electron chi connectivity index (χ1n) is 30.6. The minimum absolute atomic E-state index is 0.0482. The van der Waals surface area contributed by atoms with Crippen LogP contribution in [0, 0.1) is 0 Å². The van der Waals surface area contributed by atoms with Crippen LogP contribution in [0.2, 0.25) is 0 Å². The van der Waals surface area contributed by atoms with Gasteiger partial charge in [0.05, 0.1) is 6.61 Å². The Labute approximate surface area is 456 Å². The van der Waals surface area contributed by atoms with Crippen molar-refractivity contribution < 1.29 is 58.2 Å². The smallest absolute Gasteiger partial charge is 0.335 e. The molecule has 6 atom stereocenters. The maximum atomic E-state index is 13.1. The van der Waals surface area contributed by atoms with Crippen LogP contribution in [0.25, 0.3) is 0 Å². The topological polar surface area (TPSA) is 175 Å². The minimum atomic E-state index is -1.91. The fourth-order valence-corrected chi connectivity index (χ4v) is 9.20. The SMILES string of the molecule is CC/C=C\C/C=C\C/C=C\CCCCCC(=O)OC(COC(=O)CCCCCCCCCCCCCCCCCCCCC)COC1OC(C(=O)O)C(O)C(O)C1OC(=O)CCCCCCC/C=C\CCCCCC. The number of aliphatic hydroxyl groups excluding tert-OH is 2. The third-order valence-electron chi connectivity index (χ3n) is 13.9. The van der Waals surface area contributed by atoms with Crippen LogP contribution in [0.1, 0.15) is 278 Å². The van der Waals surface area contributed by atoms with Crippen LogP contribution in [0.5, 0.6) is 0 Å². The third kappa shape index (κ3) is 41.5. The van der Waals surface area contributed by atoms with E-state index in [1.165, 1.54) is 122 Å². The first-order valence-corrected chi connectivity index (χ1v) is 30.6. The van der Waals surface area contributed by atoms with Crippen molar-refractivity contribution in [2.75, 3.05) is 13.2 Å². The number of aliphatic hydroxyl groups is 2. The lowest BCUT2D eigenvalue weighted by Gasteiger charge is -2.40. The predicted molar refractivity (Wildman–Crippen MR) is 303 cm³/mol. The molecule has 0 aliphatic carbocycles. The lowest BCUT2D eigenvalue weighted by atomic mass is 9.98. The zero-order chi connectivity index (χ0) is 54.7. The van der Waals surface area contributed by atoms with E-state index >= 15 is 0 Å². The minimum Gasteiger partial charge on any atom is -0.479 e. The molecule has 1 aliphatic rings. The van der Waals surface area contributed by atoms with Crippen LogP contribution in [0.3, 0.4) is 0 Å². The molecule has 0 amide bonds. The number of hydrogen-bond acceptors (Lipinski definition) is 11. The summed E-state index contributed by atoms with van der Waals surface area (Å²) in [7, 11) is 0. The first kappa shape index (κ1) is 69.7. The summed E-state index contributed by atoms with van der Waals surface area (Å²) in [4.78, 5) is 51.1. The Morgan fingerprint density at radius 3 is 1.32 bits per heavy atom. The van der Waals surface area contributed by atoms with Gasteiger partial charge in [-0.1, -0.05) is 230 Å². The Balaban J connectivity index is 2.66. The monoisotopic (exact) mass is 1060 g/mol. The Hall–Kier alpha value is -3.32. The summed E-state index contributed by atoms with van der Waals surface area (Å²) in [6.45, 7) is 5.86. The molecule has 434 valence electrons. The van der Waals surface area contributed by atoms with Crippen LogP contribution >= 0.6 is 0 Å². The van der Waals surface area contributed by atoms with Gasteiger partial charge < -0.3 is 39.0 Å². The maximum absolute atomic E-state index is 13.1. The molecule has 0 spiro atoms. The van der Waals surface area contributed by atoms with Gasteiger partial charge in [0.2, 0.25) is 0 Å². The normalized spacial score (nSPS) is 18.4. The molecule has 1 heterocycles. The molecular weight excluding hydrogens is 949 g/mol. The molecule has 0 radical (unpaired) electrons. The van der Waals surface area contributed by atoms with Crippen LogP contribution < -0.4 is 0 Å². The number of carboxylic acid groups (broad SMARTS) is 1. The van der Waals surface area contributed by atoms with Gasteiger partial charge >= 0.3 is 23.9 Å². The average molecular weight is 1060 g/mol. The van der Waals surface area contributed by atoms with E-state index in [-0.39, 0.29) is 25.9 Å². The lowest BCUT2D eigenvalue weighted by molar-refractivity contribution is -0.301. The molecule has 0 aromatic rings. The molecule has 1 saturated heterocycles. The number of carbonyl (C=O) groups is 4. The second kappa shape index (κ2) is 51.4. The maximum Gasteiger partial charge on any atom is 0.335 e. The van der Waals surface area contributed by atoms with Gasteiger partial charge in [0, 0.05) is 19.3 Å². The molecule has 12 nitrogen and oxygen atoms in total. The van der Waals surface area contributed by atoms with Crippen molar-refractivity contribution in [3.05, 3.63) is 48.6 Å². The number of rotatable bonds is 52. The van der Waals surface area contributed by atoms with E-state index in [1.54, 1.807) is 0 Å². The molecule has 0 aromatic heterocycles. The number of carboxylic acids is 1. The molecule has 1 rings (SSSR count). The van der Waals surface area contributed by atoms with Crippen molar-refractivity contribution >= 4 is 23.9 Å². The summed E-state index contributed by atoms with van der Waals surface area (Å²) < 4.78 is 28.4. The van der Waals surface area contributed by atoms with Crippen molar-refractivity contribution in [3.8, 4) is 0 Å². The van der Waals surface area contributed by atoms with E-state index in [0.29, 0.717) is 19.3 Å². The number of carbonyl (C=O) groups excluding carboxylic acids is 3. The number of hydrogen-bond donors (Lipinski definition) is 3. The van der Waals surface area contributed by atoms with Gasteiger partial charge in [-0.25, -0.2) is 4.79 Å². The van der Waals surface area contributed by atoms with Gasteiger partial charge in [0.25, 0.3) is 0 Å². The standard InChI is InChI=1S/C63H110O12/c1-4-7-10-13-16-19-22-25-26-27-28-29-30-33-34-37-40-43-46-49-55(64)71-52-54(73-56(65)50-47-44-41-38-35-31-23-20-17-14-11-8-5-2)53-72-63-61(59(68)58(67)60(75-63)62(69)70)74-57(66)51-48-45-42-39-36-32-24-21-18-15-12-9-6-3/h8,11,17,20-21,24,31,35,54,58-61,63,67-68H,4-7,9-10,12-16,18-19,22-23,25-30,32-34,36-53H2,1-3H3,(H,69,70)/b11-8-,20-17-,24-21-,35-31-. The van der Waals surface area contributed by atoms with E-state index in [4.69, 9.17) is 23.7 Å². The summed E-state index contributed by atoms with van der Waals surface area (Å²) in [6, 6.07) is 0. The van der Waals surface area contributed by atoms with Gasteiger partial charge in [-0.05, 0) is 77.0 Å². The highest BCUT2D eigenvalue weighted by atomic mass is 16.7. The summed E-state index contributed by atoms with van der Waals surface area (Å²) in [5, 5.41) is 31.5. The molecule has 0 aromatic carbocycles. The van der Waals surface area contributed by atoms with E-state index < -0.39 is 67.3 Å². The lowest BCUT2D eigenvalue weighted by Crippen LogP contribution is -2.61. The van der Waals surface area contributed by atoms with E-state index in [1.807, 2.05) is 0 Å². The van der Waals surface area contributed by atoms with E-state index in [0.717, 1.165) is 96.3 Å². The highest BCUT2D eigenvalue weighted by Crippen LogP contribution is 2.26. The van der Waals surface area contributed by atoms with Crippen molar-refractivity contribution in [2.24, 2.45) is 0 Å². The number of unbranched alkanes of at least 4 members (excludes halogenated alkanes) is 30. The largest absolute Gasteiger partial charge is 0.479 e. The molecule has 12 heteroatoms. The highest BCUT2D eigenvalue weighted by molar-refractivity contribution is 5.74. The second-order valence-corrected chi connectivity index (χ2v) is 21.0. The van der Waals surface area contributed by atoms with Gasteiger partial charge in [-0.2, -0.15) is 0 Å². The predicted octanol–water partition coefficient (Wildman–Crippen LogP) is 15.8. The zero-order valence-corrected chi connectivity index (χ0v) is 47.8. The molecular formula is C63H110O12. The van der Waals surface area contributed by atoms with Crippen LogP contribution in [-0.2, 0) is 42.9 Å². The van der Waals surface area contributed by atoms with Gasteiger partial charge in [0.1, 0.15) is 18.8 Å². The van der Waals surface area contributed by atoms with Gasteiger partial charge in [-0.15, -0.1) is 0 Å². The Morgan fingerprint density at radius 1 is 0.453 bits per heavy atom. The van der Waals surface area contributed by atoms with Gasteiger partial charge in [-0.3, -0.25) is 14.4 Å². The van der Waals surface area contributed by atoms with E-state index in [9.17, 15) is 34.5 Å². The van der Waals surface area contributed by atoms with Crippen LogP contribution in [0.15, 0.2) is 48.6 Å². The average Bonchev–Trinajstić information content (AvgIpc) is 3.39. The fraction of sp³-hybridized carbons (Fsp3) is 0.810. The molecule has 1 fully saturated rings. The van der Waals surface area contributed by atoms with Crippen LogP contribution in [0.4, 0.5) is 0 Å². The Bertz CT molecular complexity index is 1490. The number of allylic oxidation sites excluding steroid dienone is 8. The first-order chi connectivity index (χ1) is 36.6. The van der Waals surface area contributed by atoms with Gasteiger partial charge in [0.15, 0.2) is 24.6 Å². The Kier molecular flexibility index (Phi) is 47.8. The number of esters is 3. The van der Waals surface area contributed by atoms with Crippen molar-refractivity contribution in [1.29, 1.82) is 0 Å². The highest BCUT2D eigenvalue weighted by Gasteiger charge is 2.50. The molecule has 0 bridgehead atoms. The summed E-state index contributed by atoms with van der Waals surface area (Å²) >= 11 is 0. The molecule has 1 aliphatic heterocycles. The second-order valence-electron chi connectivity index (χ2n) is 21.0. The summed E-state index contributed by atoms with van der Waals surface area (Å²) in [6.07, 6.45) is 49.5. The summed E-state index contributed by atoms with van der Waals surface area (Å²) in [5.74, 6) is -3.15. The summed E-state index contributed by atoms with van der Waals surface area (Å²) in [5.41, 5.74) is 0. The van der Waals surface area contributed by atoms with E-state index in [2.05, 4.69) is 69.4 Å². The zero-order valence-electron chi connectivity index (χ0n) is 47.8. The molecule has 6 unspecified atom stereocenters. The Morgan fingerprint density at radius 2 is 0.840 bits per heavy atom. The number of ether oxygens (including phenoxy) is 5. The van der Waals surface area contributed by atoms with Crippen LogP contribution in [-0.4, -0.2) is 89.2 Å². The fourth-order valence-electron chi connectivity index (χ4n) is 9.20. The molecule has 0 saturated carbocycles. The van der Waals surface area contributed by atoms with Crippen molar-refractivity contribution in [3.63, 3.8) is 0 Å².